The summed E-state index contributed by atoms with van der Waals surface area (Å²) in [5, 5.41) is 9.43. The molecule has 0 aromatic heterocycles. The first-order valence-electron chi connectivity index (χ1n) is 7.01. The van der Waals surface area contributed by atoms with Crippen LogP contribution in [0.1, 0.15) is 46.5 Å². The molecular weight excluding hydrogens is 228 g/mol. The Morgan fingerprint density at radius 3 is 1.94 bits per heavy atom. The van der Waals surface area contributed by atoms with Gasteiger partial charge in [0.15, 0.2) is 8.32 Å². The Balaban J connectivity index is 2.33. The van der Waals surface area contributed by atoms with Crippen molar-refractivity contribution >= 4 is 8.32 Å². The normalized spacial score (nSPS) is 27.2. The average Bonchev–Trinajstić information content (AvgIpc) is 2.25. The van der Waals surface area contributed by atoms with Crippen LogP contribution in [0, 0.1) is 11.8 Å². The molecule has 0 aliphatic heterocycles. The van der Waals surface area contributed by atoms with Crippen LogP contribution in [0.5, 0.6) is 0 Å². The standard InChI is InChI=1S/C14H30O2Si/c1-14(2,3)17(4,5)16-11-13-8-6-12(10-15)7-9-13/h12-13,15H,6-11H2,1-5H3/t12-,13-. The van der Waals surface area contributed by atoms with E-state index in [0.29, 0.717) is 17.6 Å². The molecule has 102 valence electrons. The van der Waals surface area contributed by atoms with Gasteiger partial charge in [-0.05, 0) is 55.7 Å². The molecule has 0 heterocycles. The minimum Gasteiger partial charge on any atom is -0.417 e. The molecule has 0 amide bonds. The van der Waals surface area contributed by atoms with Crippen molar-refractivity contribution in [3.63, 3.8) is 0 Å². The van der Waals surface area contributed by atoms with Crippen LogP contribution < -0.4 is 0 Å². The van der Waals surface area contributed by atoms with E-state index in [0.717, 1.165) is 12.5 Å². The fraction of sp³-hybridized carbons (Fsp3) is 1.00. The summed E-state index contributed by atoms with van der Waals surface area (Å²) in [6.07, 6.45) is 4.84. The van der Waals surface area contributed by atoms with Crippen molar-refractivity contribution in [1.29, 1.82) is 0 Å². The van der Waals surface area contributed by atoms with Gasteiger partial charge in [-0.3, -0.25) is 0 Å². The monoisotopic (exact) mass is 258 g/mol. The molecule has 1 N–H and O–H groups in total. The topological polar surface area (TPSA) is 29.5 Å². The van der Waals surface area contributed by atoms with Gasteiger partial charge in [0.2, 0.25) is 0 Å². The lowest BCUT2D eigenvalue weighted by Crippen LogP contribution is -2.42. The summed E-state index contributed by atoms with van der Waals surface area (Å²) < 4.78 is 6.28. The van der Waals surface area contributed by atoms with Crippen molar-refractivity contribution in [3.8, 4) is 0 Å². The Morgan fingerprint density at radius 2 is 1.53 bits per heavy atom. The number of hydrogen-bond donors (Lipinski definition) is 1. The molecule has 1 aliphatic rings. The molecule has 1 aliphatic carbocycles. The molecule has 0 spiro atoms. The van der Waals surface area contributed by atoms with Crippen LogP contribution in [0.4, 0.5) is 0 Å². The number of rotatable bonds is 4. The van der Waals surface area contributed by atoms with Crippen LogP contribution in [-0.2, 0) is 4.43 Å². The van der Waals surface area contributed by atoms with E-state index in [-0.39, 0.29) is 0 Å². The lowest BCUT2D eigenvalue weighted by Gasteiger charge is -2.38. The van der Waals surface area contributed by atoms with Gasteiger partial charge in [0.05, 0.1) is 0 Å². The number of aliphatic hydroxyl groups is 1. The third-order valence-corrected chi connectivity index (χ3v) is 9.21. The molecule has 1 rings (SSSR count). The van der Waals surface area contributed by atoms with Crippen molar-refractivity contribution in [2.75, 3.05) is 13.2 Å². The lowest BCUT2D eigenvalue weighted by atomic mass is 9.83. The fourth-order valence-corrected chi connectivity index (χ4v) is 3.21. The van der Waals surface area contributed by atoms with E-state index in [2.05, 4.69) is 33.9 Å². The Labute approximate surface area is 108 Å². The molecule has 3 heteroatoms. The molecule has 1 saturated carbocycles. The second-order valence-electron chi connectivity index (χ2n) is 7.14. The highest BCUT2D eigenvalue weighted by Gasteiger charge is 2.37. The molecule has 0 atom stereocenters. The van der Waals surface area contributed by atoms with E-state index in [4.69, 9.17) is 9.53 Å². The van der Waals surface area contributed by atoms with Crippen LogP contribution in [0.2, 0.25) is 18.1 Å². The van der Waals surface area contributed by atoms with Crippen molar-refractivity contribution in [2.24, 2.45) is 11.8 Å². The van der Waals surface area contributed by atoms with Gasteiger partial charge in [-0.1, -0.05) is 20.8 Å². The smallest absolute Gasteiger partial charge is 0.191 e. The molecule has 0 bridgehead atoms. The van der Waals surface area contributed by atoms with E-state index in [9.17, 15) is 0 Å². The highest BCUT2D eigenvalue weighted by atomic mass is 28.4. The van der Waals surface area contributed by atoms with E-state index < -0.39 is 8.32 Å². The molecule has 0 aromatic rings. The van der Waals surface area contributed by atoms with Crippen LogP contribution in [0.3, 0.4) is 0 Å². The Kier molecular flexibility index (Phi) is 5.23. The third kappa shape index (κ3) is 4.38. The first kappa shape index (κ1) is 15.2. The van der Waals surface area contributed by atoms with Gasteiger partial charge in [0.1, 0.15) is 0 Å². The largest absolute Gasteiger partial charge is 0.417 e. The minimum atomic E-state index is -1.56. The third-order valence-electron chi connectivity index (χ3n) is 4.71. The highest BCUT2D eigenvalue weighted by molar-refractivity contribution is 6.74. The van der Waals surface area contributed by atoms with Crippen LogP contribution >= 0.6 is 0 Å². The first-order chi connectivity index (χ1) is 7.76. The zero-order chi connectivity index (χ0) is 13.1. The van der Waals surface area contributed by atoms with Crippen molar-refractivity contribution in [2.45, 2.75) is 64.6 Å². The molecular formula is C14H30O2Si. The SMILES string of the molecule is CC(C)(C)[Si](C)(C)OC[C@H]1CC[C@H](CO)CC1. The second-order valence-corrected chi connectivity index (χ2v) is 11.9. The predicted molar refractivity (Wildman–Crippen MR) is 75.7 cm³/mol. The maximum absolute atomic E-state index is 9.12. The van der Waals surface area contributed by atoms with Crippen molar-refractivity contribution in [3.05, 3.63) is 0 Å². The maximum atomic E-state index is 9.12. The first-order valence-corrected chi connectivity index (χ1v) is 9.92. The zero-order valence-corrected chi connectivity index (χ0v) is 13.3. The van der Waals surface area contributed by atoms with E-state index in [1.807, 2.05) is 0 Å². The molecule has 0 unspecified atom stereocenters. The van der Waals surface area contributed by atoms with Gasteiger partial charge in [-0.2, -0.15) is 0 Å². The molecule has 0 saturated heterocycles. The summed E-state index contributed by atoms with van der Waals surface area (Å²) in [5.74, 6) is 1.28. The van der Waals surface area contributed by atoms with Gasteiger partial charge < -0.3 is 9.53 Å². The van der Waals surface area contributed by atoms with Crippen molar-refractivity contribution < 1.29 is 9.53 Å². The summed E-state index contributed by atoms with van der Waals surface area (Å²) in [7, 11) is -1.56. The quantitative estimate of drug-likeness (QED) is 0.777. The van der Waals surface area contributed by atoms with Gasteiger partial charge in [-0.15, -0.1) is 0 Å². The summed E-state index contributed by atoms with van der Waals surface area (Å²) in [6.45, 7) is 12.8. The fourth-order valence-electron chi connectivity index (χ4n) is 2.12. The lowest BCUT2D eigenvalue weighted by molar-refractivity contribution is 0.133. The second kappa shape index (κ2) is 5.85. The van der Waals surface area contributed by atoms with E-state index in [1.165, 1.54) is 25.7 Å². The Morgan fingerprint density at radius 1 is 1.06 bits per heavy atom. The van der Waals surface area contributed by atoms with Crippen LogP contribution in [0.15, 0.2) is 0 Å². The summed E-state index contributed by atoms with van der Waals surface area (Å²) in [4.78, 5) is 0. The Hall–Kier alpha value is 0.137. The molecule has 17 heavy (non-hydrogen) atoms. The summed E-state index contributed by atoms with van der Waals surface area (Å²) in [5.41, 5.74) is 0. The number of hydrogen-bond acceptors (Lipinski definition) is 2. The zero-order valence-electron chi connectivity index (χ0n) is 12.3. The summed E-state index contributed by atoms with van der Waals surface area (Å²) >= 11 is 0. The molecule has 1 fully saturated rings. The van der Waals surface area contributed by atoms with Gasteiger partial charge in [0, 0.05) is 13.2 Å². The van der Waals surface area contributed by atoms with E-state index >= 15 is 0 Å². The molecule has 0 radical (unpaired) electrons. The van der Waals surface area contributed by atoms with Gasteiger partial charge in [0.25, 0.3) is 0 Å². The molecule has 0 aromatic carbocycles. The average molecular weight is 258 g/mol. The van der Waals surface area contributed by atoms with Crippen molar-refractivity contribution in [1.82, 2.24) is 0 Å². The number of aliphatic hydroxyl groups excluding tert-OH is 1. The summed E-state index contributed by atoms with van der Waals surface area (Å²) in [6, 6.07) is 0. The Bertz CT molecular complexity index is 225. The molecule has 2 nitrogen and oxygen atoms in total. The highest BCUT2D eigenvalue weighted by Crippen LogP contribution is 2.38. The van der Waals surface area contributed by atoms with Crippen LogP contribution in [0.25, 0.3) is 0 Å². The van der Waals surface area contributed by atoms with Crippen LogP contribution in [-0.4, -0.2) is 26.6 Å². The van der Waals surface area contributed by atoms with E-state index in [1.54, 1.807) is 0 Å². The van der Waals surface area contributed by atoms with Gasteiger partial charge in [-0.25, -0.2) is 0 Å². The maximum Gasteiger partial charge on any atom is 0.191 e. The van der Waals surface area contributed by atoms with Gasteiger partial charge >= 0.3 is 0 Å². The predicted octanol–water partition coefficient (Wildman–Crippen LogP) is 3.81. The minimum absolute atomic E-state index is 0.315.